The molecule has 0 bridgehead atoms. The Balaban J connectivity index is 2.44. The van der Waals surface area contributed by atoms with Gasteiger partial charge in [-0.2, -0.15) is 0 Å². The van der Waals surface area contributed by atoms with Crippen LogP contribution < -0.4 is 21.9 Å². The van der Waals surface area contributed by atoms with Gasteiger partial charge in [0.25, 0.3) is 5.91 Å². The third-order valence-corrected chi connectivity index (χ3v) is 2.08. The van der Waals surface area contributed by atoms with Crippen LogP contribution in [0.25, 0.3) is 0 Å². The molecular formula is C10H15N5O2. The maximum Gasteiger partial charge on any atom is 0.269 e. The number of carbonyl (C=O) groups is 2. The first-order valence-corrected chi connectivity index (χ1v) is 5.09. The third-order valence-electron chi connectivity index (χ3n) is 2.08. The van der Waals surface area contributed by atoms with Crippen molar-refractivity contribution in [3.63, 3.8) is 0 Å². The Kier molecular flexibility index (Phi) is 4.89. The molecule has 0 aliphatic heterocycles. The Hall–Kier alpha value is -2.15. The lowest BCUT2D eigenvalue weighted by Crippen LogP contribution is -2.29. The molecule has 1 heterocycles. The van der Waals surface area contributed by atoms with Crippen molar-refractivity contribution in [2.24, 2.45) is 5.84 Å². The number of aromatic nitrogens is 1. The molecule has 1 aromatic heterocycles. The number of nitrogens with zero attached hydrogens (tertiary/aromatic N) is 1. The highest BCUT2D eigenvalue weighted by Gasteiger charge is 2.07. The van der Waals surface area contributed by atoms with E-state index in [4.69, 9.17) is 5.84 Å². The standard InChI is InChI=1S/C10H15N5O2/c1-12-9(16)4-5-13-10(17)8-3-2-7(15-11)6-14-8/h2-3,6,15H,4-5,11H2,1H3,(H,12,16)(H,13,17). The van der Waals surface area contributed by atoms with E-state index in [9.17, 15) is 9.59 Å². The molecule has 0 unspecified atom stereocenters. The monoisotopic (exact) mass is 237 g/mol. The molecule has 92 valence electrons. The number of rotatable bonds is 5. The molecule has 2 amide bonds. The van der Waals surface area contributed by atoms with Crippen LogP contribution >= 0.6 is 0 Å². The fraction of sp³-hybridized carbons (Fsp3) is 0.300. The maximum absolute atomic E-state index is 11.6. The van der Waals surface area contributed by atoms with E-state index in [1.807, 2.05) is 0 Å². The molecule has 0 aromatic carbocycles. The minimum atomic E-state index is -0.322. The van der Waals surface area contributed by atoms with E-state index in [-0.39, 0.29) is 30.5 Å². The number of carbonyl (C=O) groups excluding carboxylic acids is 2. The molecule has 0 aliphatic rings. The highest BCUT2D eigenvalue weighted by atomic mass is 16.2. The number of nitrogens with two attached hydrogens (primary N) is 1. The van der Waals surface area contributed by atoms with Gasteiger partial charge in [0, 0.05) is 20.0 Å². The van der Waals surface area contributed by atoms with E-state index in [2.05, 4.69) is 21.0 Å². The van der Waals surface area contributed by atoms with Gasteiger partial charge in [0.05, 0.1) is 11.9 Å². The lowest BCUT2D eigenvalue weighted by molar-refractivity contribution is -0.120. The van der Waals surface area contributed by atoms with Crippen LogP contribution in [-0.4, -0.2) is 30.4 Å². The van der Waals surface area contributed by atoms with Crippen LogP contribution in [0.15, 0.2) is 18.3 Å². The summed E-state index contributed by atoms with van der Waals surface area (Å²) in [5.41, 5.74) is 3.31. The van der Waals surface area contributed by atoms with Gasteiger partial charge in [-0.25, -0.2) is 4.98 Å². The number of amides is 2. The van der Waals surface area contributed by atoms with Gasteiger partial charge >= 0.3 is 0 Å². The van der Waals surface area contributed by atoms with Crippen LogP contribution in [0.2, 0.25) is 0 Å². The SMILES string of the molecule is CNC(=O)CCNC(=O)c1ccc(NN)cn1. The van der Waals surface area contributed by atoms with Gasteiger partial charge in [-0.3, -0.25) is 15.4 Å². The predicted octanol–water partition coefficient (Wildman–Crippen LogP) is -0.767. The van der Waals surface area contributed by atoms with Gasteiger partial charge in [0.2, 0.25) is 5.91 Å². The lowest BCUT2D eigenvalue weighted by Gasteiger charge is -2.04. The second-order valence-electron chi connectivity index (χ2n) is 3.26. The second-order valence-corrected chi connectivity index (χ2v) is 3.26. The van der Waals surface area contributed by atoms with Crippen molar-refractivity contribution in [3.8, 4) is 0 Å². The molecule has 7 heteroatoms. The summed E-state index contributed by atoms with van der Waals surface area (Å²) < 4.78 is 0. The normalized spacial score (nSPS) is 9.53. The zero-order chi connectivity index (χ0) is 12.7. The molecular weight excluding hydrogens is 222 g/mol. The fourth-order valence-corrected chi connectivity index (χ4v) is 1.12. The van der Waals surface area contributed by atoms with E-state index in [1.54, 1.807) is 19.2 Å². The van der Waals surface area contributed by atoms with Crippen molar-refractivity contribution < 1.29 is 9.59 Å². The largest absolute Gasteiger partial charge is 0.359 e. The smallest absolute Gasteiger partial charge is 0.269 e. The summed E-state index contributed by atoms with van der Waals surface area (Å²) in [4.78, 5) is 26.4. The lowest BCUT2D eigenvalue weighted by atomic mass is 10.3. The molecule has 0 radical (unpaired) electrons. The summed E-state index contributed by atoms with van der Waals surface area (Å²) in [5.74, 6) is 4.72. The molecule has 0 atom stereocenters. The summed E-state index contributed by atoms with van der Waals surface area (Å²) in [7, 11) is 1.55. The average Bonchev–Trinajstić information content (AvgIpc) is 2.38. The van der Waals surface area contributed by atoms with Crippen molar-refractivity contribution >= 4 is 17.5 Å². The quantitative estimate of drug-likeness (QED) is 0.397. The Labute approximate surface area is 98.8 Å². The Morgan fingerprint density at radius 1 is 1.41 bits per heavy atom. The van der Waals surface area contributed by atoms with Crippen LogP contribution in [0, 0.1) is 0 Å². The first-order chi connectivity index (χ1) is 8.17. The Morgan fingerprint density at radius 3 is 2.71 bits per heavy atom. The van der Waals surface area contributed by atoms with Crippen molar-refractivity contribution in [1.29, 1.82) is 0 Å². The predicted molar refractivity (Wildman–Crippen MR) is 63.1 cm³/mol. The van der Waals surface area contributed by atoms with E-state index >= 15 is 0 Å². The molecule has 5 N–H and O–H groups in total. The summed E-state index contributed by atoms with van der Waals surface area (Å²) >= 11 is 0. The molecule has 0 saturated carbocycles. The highest BCUT2D eigenvalue weighted by Crippen LogP contribution is 2.03. The number of nitrogens with one attached hydrogen (secondary N) is 3. The van der Waals surface area contributed by atoms with Gasteiger partial charge in [0.1, 0.15) is 5.69 Å². The van der Waals surface area contributed by atoms with Crippen molar-refractivity contribution in [2.75, 3.05) is 19.0 Å². The molecule has 0 aliphatic carbocycles. The van der Waals surface area contributed by atoms with Crippen molar-refractivity contribution in [1.82, 2.24) is 15.6 Å². The van der Waals surface area contributed by atoms with E-state index in [0.717, 1.165) is 0 Å². The molecule has 0 spiro atoms. The van der Waals surface area contributed by atoms with Gasteiger partial charge in [-0.1, -0.05) is 0 Å². The van der Waals surface area contributed by atoms with Crippen LogP contribution in [0.1, 0.15) is 16.9 Å². The van der Waals surface area contributed by atoms with Crippen LogP contribution in [-0.2, 0) is 4.79 Å². The van der Waals surface area contributed by atoms with Crippen molar-refractivity contribution in [3.05, 3.63) is 24.0 Å². The number of pyridine rings is 1. The number of hydrogen-bond acceptors (Lipinski definition) is 5. The summed E-state index contributed by atoms with van der Waals surface area (Å²) in [6, 6.07) is 3.19. The highest BCUT2D eigenvalue weighted by molar-refractivity contribution is 5.92. The van der Waals surface area contributed by atoms with Gasteiger partial charge in [-0.05, 0) is 12.1 Å². The summed E-state index contributed by atoms with van der Waals surface area (Å²) in [5, 5.41) is 5.05. The minimum absolute atomic E-state index is 0.124. The van der Waals surface area contributed by atoms with E-state index in [0.29, 0.717) is 5.69 Å². The van der Waals surface area contributed by atoms with Gasteiger partial charge in [-0.15, -0.1) is 0 Å². The second kappa shape index (κ2) is 6.44. The molecule has 1 aromatic rings. The van der Waals surface area contributed by atoms with Gasteiger partial charge in [0.15, 0.2) is 0 Å². The summed E-state index contributed by atoms with van der Waals surface area (Å²) in [6.07, 6.45) is 1.69. The number of anilines is 1. The molecule has 0 fully saturated rings. The van der Waals surface area contributed by atoms with Crippen LogP contribution in [0.3, 0.4) is 0 Å². The topological polar surface area (TPSA) is 109 Å². The van der Waals surface area contributed by atoms with Crippen LogP contribution in [0.5, 0.6) is 0 Å². The Morgan fingerprint density at radius 2 is 2.18 bits per heavy atom. The maximum atomic E-state index is 11.6. The van der Waals surface area contributed by atoms with Crippen molar-refractivity contribution in [2.45, 2.75) is 6.42 Å². The molecule has 0 saturated heterocycles. The van der Waals surface area contributed by atoms with E-state index in [1.165, 1.54) is 6.20 Å². The number of hydrazine groups is 1. The number of nitrogen functional groups attached to an aromatic ring is 1. The zero-order valence-electron chi connectivity index (χ0n) is 9.49. The average molecular weight is 237 g/mol. The molecule has 1 rings (SSSR count). The fourth-order valence-electron chi connectivity index (χ4n) is 1.12. The molecule has 17 heavy (non-hydrogen) atoms. The first kappa shape index (κ1) is 12.9. The van der Waals surface area contributed by atoms with Crippen LogP contribution in [0.4, 0.5) is 5.69 Å². The van der Waals surface area contributed by atoms with E-state index < -0.39 is 0 Å². The van der Waals surface area contributed by atoms with Gasteiger partial charge < -0.3 is 16.1 Å². The zero-order valence-corrected chi connectivity index (χ0v) is 9.49. The molecule has 7 nitrogen and oxygen atoms in total. The minimum Gasteiger partial charge on any atom is -0.359 e. The number of hydrogen-bond donors (Lipinski definition) is 4. The third kappa shape index (κ3) is 4.07. The first-order valence-electron chi connectivity index (χ1n) is 5.09. The summed E-state index contributed by atoms with van der Waals surface area (Å²) in [6.45, 7) is 0.275. The Bertz CT molecular complexity index is 390.